The van der Waals surface area contributed by atoms with Crippen LogP contribution in [0.4, 0.5) is 5.69 Å². The van der Waals surface area contributed by atoms with Crippen LogP contribution >= 0.6 is 0 Å². The zero-order valence-electron chi connectivity index (χ0n) is 18.4. The molecule has 2 aliphatic rings. The van der Waals surface area contributed by atoms with E-state index < -0.39 is 0 Å². The molecular weight excluding hydrogens is 374 g/mol. The summed E-state index contributed by atoms with van der Waals surface area (Å²) in [4.78, 5) is 2.55. The third-order valence-corrected chi connectivity index (χ3v) is 6.46. The molecule has 0 N–H and O–H groups in total. The molecule has 158 valence electrons. The number of methoxy groups -OCH3 is 2. The van der Waals surface area contributed by atoms with Crippen molar-refractivity contribution >= 4 is 11.2 Å². The molecule has 1 aromatic carbocycles. The van der Waals surface area contributed by atoms with Crippen LogP contribution in [0.3, 0.4) is 0 Å². The second kappa shape index (κ2) is 7.53. The van der Waals surface area contributed by atoms with Gasteiger partial charge in [-0.25, -0.2) is 4.52 Å². The van der Waals surface area contributed by atoms with Crippen molar-refractivity contribution in [2.75, 3.05) is 32.2 Å². The van der Waals surface area contributed by atoms with Gasteiger partial charge in [-0.3, -0.25) is 0 Å². The van der Waals surface area contributed by atoms with E-state index in [4.69, 9.17) is 14.6 Å². The van der Waals surface area contributed by atoms with E-state index in [2.05, 4.69) is 53.6 Å². The van der Waals surface area contributed by atoms with E-state index >= 15 is 0 Å². The van der Waals surface area contributed by atoms with Gasteiger partial charge < -0.3 is 14.4 Å². The Morgan fingerprint density at radius 1 is 0.967 bits per heavy atom. The Bertz CT molecular complexity index is 1040. The average Bonchev–Trinajstić information content (AvgIpc) is 3.66. The minimum atomic E-state index is 0.729. The molecule has 5 heteroatoms. The molecule has 2 heterocycles. The van der Waals surface area contributed by atoms with Crippen LogP contribution in [0.1, 0.15) is 36.8 Å². The van der Waals surface area contributed by atoms with Crippen LogP contribution < -0.4 is 14.4 Å². The molecule has 0 atom stereocenters. The number of aromatic nitrogens is 2. The van der Waals surface area contributed by atoms with Crippen molar-refractivity contribution < 1.29 is 9.47 Å². The highest BCUT2D eigenvalue weighted by Gasteiger charge is 2.32. The molecule has 2 aromatic heterocycles. The van der Waals surface area contributed by atoms with Crippen molar-refractivity contribution in [3.05, 3.63) is 41.5 Å². The number of hydrogen-bond donors (Lipinski definition) is 0. The molecule has 0 radical (unpaired) electrons. The second-order valence-corrected chi connectivity index (χ2v) is 8.99. The number of benzene rings is 1. The van der Waals surface area contributed by atoms with Crippen molar-refractivity contribution in [2.45, 2.75) is 39.5 Å². The third kappa shape index (κ3) is 3.51. The zero-order valence-corrected chi connectivity index (χ0v) is 18.4. The predicted molar refractivity (Wildman–Crippen MR) is 121 cm³/mol. The minimum Gasteiger partial charge on any atom is -0.497 e. The zero-order chi connectivity index (χ0) is 20.8. The molecule has 0 saturated heterocycles. The van der Waals surface area contributed by atoms with Gasteiger partial charge in [0.25, 0.3) is 5.88 Å². The first-order valence-electron chi connectivity index (χ1n) is 11.0. The lowest BCUT2D eigenvalue weighted by atomic mass is 9.99. The lowest BCUT2D eigenvalue weighted by Gasteiger charge is -2.24. The monoisotopic (exact) mass is 405 g/mol. The molecule has 0 amide bonds. The maximum Gasteiger partial charge on any atom is 0.257 e. The maximum absolute atomic E-state index is 5.81. The standard InChI is InChI=1S/C25H31N3O2/c1-16-12-20(29-3)13-17(2)23(16)21-6-5-7-22-24(25(30-4)26-28(21)22)27(14-18-8-9-18)15-19-10-11-19/h5-7,12-13,18-19H,8-11,14-15H2,1-4H3. The number of fused-ring (bicyclic) bond motifs is 1. The van der Waals surface area contributed by atoms with Crippen molar-refractivity contribution in [3.8, 4) is 22.9 Å². The van der Waals surface area contributed by atoms with Gasteiger partial charge in [0.1, 0.15) is 11.4 Å². The Hall–Kier alpha value is -2.69. The molecule has 3 aromatic rings. The number of pyridine rings is 1. The quantitative estimate of drug-likeness (QED) is 0.512. The normalized spacial score (nSPS) is 16.1. The molecular formula is C25H31N3O2. The van der Waals surface area contributed by atoms with Gasteiger partial charge in [0.05, 0.1) is 25.4 Å². The number of nitrogens with zero attached hydrogens (tertiary/aromatic N) is 3. The summed E-state index contributed by atoms with van der Waals surface area (Å²) in [6.07, 6.45) is 5.38. The van der Waals surface area contributed by atoms with Gasteiger partial charge in [0, 0.05) is 18.7 Å². The molecule has 5 nitrogen and oxygen atoms in total. The van der Waals surface area contributed by atoms with Crippen molar-refractivity contribution in [3.63, 3.8) is 0 Å². The summed E-state index contributed by atoms with van der Waals surface area (Å²) in [7, 11) is 3.45. The number of ether oxygens (including phenoxy) is 2. The highest BCUT2D eigenvalue weighted by molar-refractivity contribution is 5.82. The predicted octanol–water partition coefficient (Wildman–Crippen LogP) is 5.26. The van der Waals surface area contributed by atoms with Crippen molar-refractivity contribution in [1.82, 2.24) is 9.61 Å². The molecule has 2 aliphatic carbocycles. The Kier molecular flexibility index (Phi) is 4.84. The van der Waals surface area contributed by atoms with E-state index in [0.717, 1.165) is 53.5 Å². The van der Waals surface area contributed by atoms with E-state index in [0.29, 0.717) is 0 Å². The second-order valence-electron chi connectivity index (χ2n) is 8.99. The Balaban J connectivity index is 1.66. The molecule has 0 spiro atoms. The number of hydrogen-bond acceptors (Lipinski definition) is 4. The van der Waals surface area contributed by atoms with Gasteiger partial charge in [-0.15, -0.1) is 5.10 Å². The Morgan fingerprint density at radius 3 is 2.13 bits per heavy atom. The van der Waals surface area contributed by atoms with Gasteiger partial charge in [0.15, 0.2) is 0 Å². The van der Waals surface area contributed by atoms with E-state index in [1.807, 2.05) is 0 Å². The van der Waals surface area contributed by atoms with Crippen molar-refractivity contribution in [2.24, 2.45) is 11.8 Å². The van der Waals surface area contributed by atoms with Crippen LogP contribution in [0.25, 0.3) is 16.8 Å². The maximum atomic E-state index is 5.81. The number of aryl methyl sites for hydroxylation is 2. The molecule has 0 bridgehead atoms. The molecule has 2 saturated carbocycles. The fourth-order valence-corrected chi connectivity index (χ4v) is 4.59. The summed E-state index contributed by atoms with van der Waals surface area (Å²) in [5.74, 6) is 3.25. The largest absolute Gasteiger partial charge is 0.497 e. The Labute approximate surface area is 178 Å². The van der Waals surface area contributed by atoms with Gasteiger partial charge >= 0.3 is 0 Å². The lowest BCUT2D eigenvalue weighted by molar-refractivity contribution is 0.394. The smallest absolute Gasteiger partial charge is 0.257 e. The SMILES string of the molecule is COc1cc(C)c(-c2cccc3c(N(CC4CC4)CC4CC4)c(OC)nn23)c(C)c1. The van der Waals surface area contributed by atoms with E-state index in [-0.39, 0.29) is 0 Å². The first-order valence-corrected chi connectivity index (χ1v) is 11.0. The fourth-order valence-electron chi connectivity index (χ4n) is 4.59. The molecule has 5 rings (SSSR count). The van der Waals surface area contributed by atoms with E-state index in [1.54, 1.807) is 14.2 Å². The van der Waals surface area contributed by atoms with Gasteiger partial charge in [-0.05, 0) is 86.8 Å². The van der Waals surface area contributed by atoms with Gasteiger partial charge in [-0.1, -0.05) is 6.07 Å². The summed E-state index contributed by atoms with van der Waals surface area (Å²) in [5, 5.41) is 4.93. The van der Waals surface area contributed by atoms with Crippen LogP contribution in [-0.4, -0.2) is 36.9 Å². The van der Waals surface area contributed by atoms with Crippen LogP contribution in [0, 0.1) is 25.7 Å². The first-order chi connectivity index (χ1) is 14.6. The van der Waals surface area contributed by atoms with Crippen LogP contribution in [0.5, 0.6) is 11.6 Å². The van der Waals surface area contributed by atoms with E-state index in [1.165, 1.54) is 42.4 Å². The highest BCUT2D eigenvalue weighted by atomic mass is 16.5. The van der Waals surface area contributed by atoms with Crippen LogP contribution in [0.15, 0.2) is 30.3 Å². The van der Waals surface area contributed by atoms with Crippen LogP contribution in [0.2, 0.25) is 0 Å². The fraction of sp³-hybridized carbons (Fsp3) is 0.480. The minimum absolute atomic E-state index is 0.729. The summed E-state index contributed by atoms with van der Waals surface area (Å²) in [6.45, 7) is 6.49. The van der Waals surface area contributed by atoms with E-state index in [9.17, 15) is 0 Å². The Morgan fingerprint density at radius 2 is 1.60 bits per heavy atom. The average molecular weight is 406 g/mol. The number of anilines is 1. The number of rotatable bonds is 8. The highest BCUT2D eigenvalue weighted by Crippen LogP contribution is 2.42. The van der Waals surface area contributed by atoms with Crippen molar-refractivity contribution in [1.29, 1.82) is 0 Å². The van der Waals surface area contributed by atoms with Crippen LogP contribution in [-0.2, 0) is 0 Å². The molecule has 0 unspecified atom stereocenters. The topological polar surface area (TPSA) is 39.0 Å². The van der Waals surface area contributed by atoms with Gasteiger partial charge in [0.2, 0.25) is 0 Å². The van der Waals surface area contributed by atoms with Gasteiger partial charge in [-0.2, -0.15) is 0 Å². The first kappa shape index (κ1) is 19.3. The molecule has 0 aliphatic heterocycles. The molecule has 30 heavy (non-hydrogen) atoms. The molecule has 2 fully saturated rings. The summed E-state index contributed by atoms with van der Waals surface area (Å²) < 4.78 is 13.3. The summed E-state index contributed by atoms with van der Waals surface area (Å²) >= 11 is 0. The lowest BCUT2D eigenvalue weighted by Crippen LogP contribution is -2.28. The summed E-state index contributed by atoms with van der Waals surface area (Å²) in [6, 6.07) is 10.7. The third-order valence-electron chi connectivity index (χ3n) is 6.46. The summed E-state index contributed by atoms with van der Waals surface area (Å²) in [5.41, 5.74) is 6.94.